The first-order valence-corrected chi connectivity index (χ1v) is 6.90. The van der Waals surface area contributed by atoms with Crippen LogP contribution in [0.2, 0.25) is 0 Å². The highest BCUT2D eigenvalue weighted by Gasteiger charge is 2.42. The molecular formula is C15H18N3O4-. The Hall–Kier alpha value is -2.28. The molecular weight excluding hydrogens is 286 g/mol. The highest BCUT2D eigenvalue weighted by molar-refractivity contribution is 6.17. The maximum Gasteiger partial charge on any atom is 0.253 e. The van der Waals surface area contributed by atoms with Gasteiger partial charge in [-0.3, -0.25) is 9.78 Å². The molecule has 0 aromatic carbocycles. The van der Waals surface area contributed by atoms with Gasteiger partial charge < -0.3 is 20.0 Å². The Morgan fingerprint density at radius 2 is 2.18 bits per heavy atom. The van der Waals surface area contributed by atoms with Crippen LogP contribution in [0.1, 0.15) is 42.4 Å². The van der Waals surface area contributed by atoms with Gasteiger partial charge in [-0.05, 0) is 24.5 Å². The predicted octanol–water partition coefficient (Wildman–Crippen LogP) is -0.117. The van der Waals surface area contributed by atoms with Crippen LogP contribution in [-0.2, 0) is 16.1 Å². The van der Waals surface area contributed by atoms with Crippen molar-refractivity contribution in [3.63, 3.8) is 0 Å². The average molecular weight is 304 g/mol. The van der Waals surface area contributed by atoms with Gasteiger partial charge in [-0.2, -0.15) is 0 Å². The van der Waals surface area contributed by atoms with E-state index in [1.54, 1.807) is 6.92 Å². The van der Waals surface area contributed by atoms with Crippen molar-refractivity contribution in [2.75, 3.05) is 7.11 Å². The van der Waals surface area contributed by atoms with Crippen LogP contribution in [0.3, 0.4) is 0 Å². The van der Waals surface area contributed by atoms with E-state index < -0.39 is 11.5 Å². The molecule has 0 saturated carbocycles. The van der Waals surface area contributed by atoms with E-state index in [9.17, 15) is 14.7 Å². The molecule has 118 valence electrons. The van der Waals surface area contributed by atoms with Gasteiger partial charge in [-0.15, -0.1) is 0 Å². The van der Waals surface area contributed by atoms with E-state index >= 15 is 0 Å². The standard InChI is InChI=1S/C15H19N3O4/c1-8(2)15(3)14(21)17-12(18-15)11-10(13(19)20)5-9(6-16-11)7-22-4/h5-6,8H,7H2,1-4H3,(H,19,20)(H,17,18,21)/p-1/t15-/m1/s1. The maximum absolute atomic E-state index is 12.1. The quantitative estimate of drug-likeness (QED) is 0.817. The number of nitrogens with zero attached hydrogens (tertiary/aromatic N) is 2. The number of aromatic nitrogens is 1. The molecule has 0 fully saturated rings. The number of carbonyl (C=O) groups excluding carboxylic acids is 2. The minimum atomic E-state index is -1.38. The van der Waals surface area contributed by atoms with Gasteiger partial charge in [0.2, 0.25) is 0 Å². The molecule has 1 atom stereocenters. The van der Waals surface area contributed by atoms with Crippen LogP contribution in [0.4, 0.5) is 0 Å². The first-order valence-electron chi connectivity index (χ1n) is 6.90. The van der Waals surface area contributed by atoms with Crippen molar-refractivity contribution in [3.05, 3.63) is 29.1 Å². The van der Waals surface area contributed by atoms with Crippen molar-refractivity contribution in [3.8, 4) is 0 Å². The predicted molar refractivity (Wildman–Crippen MR) is 77.2 cm³/mol. The smallest absolute Gasteiger partial charge is 0.253 e. The molecule has 0 saturated heterocycles. The van der Waals surface area contributed by atoms with Crippen LogP contribution in [0.25, 0.3) is 0 Å². The Labute approximate surface area is 128 Å². The Morgan fingerprint density at radius 1 is 1.50 bits per heavy atom. The SMILES string of the molecule is COCc1cnc(C2=N[C@](C)(C(C)C)C(=O)N2)c(C(=O)[O-])c1. The summed E-state index contributed by atoms with van der Waals surface area (Å²) in [5.74, 6) is -1.53. The van der Waals surface area contributed by atoms with E-state index in [-0.39, 0.29) is 35.5 Å². The van der Waals surface area contributed by atoms with Crippen LogP contribution in [0, 0.1) is 5.92 Å². The average Bonchev–Trinajstić information content (AvgIpc) is 2.76. The van der Waals surface area contributed by atoms with Gasteiger partial charge in [0, 0.05) is 18.9 Å². The molecule has 0 aliphatic carbocycles. The lowest BCUT2D eigenvalue weighted by molar-refractivity contribution is -0.255. The zero-order valence-corrected chi connectivity index (χ0v) is 13.0. The third-order valence-electron chi connectivity index (χ3n) is 3.86. The normalized spacial score (nSPS) is 21.0. The van der Waals surface area contributed by atoms with E-state index in [0.29, 0.717) is 5.56 Å². The Balaban J connectivity index is 2.49. The number of carboxylic acids is 1. The summed E-state index contributed by atoms with van der Waals surface area (Å²) in [4.78, 5) is 32.0. The number of carbonyl (C=O) groups is 2. The molecule has 0 spiro atoms. The maximum atomic E-state index is 12.1. The van der Waals surface area contributed by atoms with Gasteiger partial charge in [0.25, 0.3) is 5.91 Å². The van der Waals surface area contributed by atoms with Gasteiger partial charge in [0.1, 0.15) is 11.2 Å². The van der Waals surface area contributed by atoms with Crippen LogP contribution in [-0.4, -0.2) is 35.3 Å². The number of aliphatic imine (C=N–C) groups is 1. The zero-order chi connectivity index (χ0) is 16.5. The first-order chi connectivity index (χ1) is 10.3. The number of hydrogen-bond donors (Lipinski definition) is 1. The van der Waals surface area contributed by atoms with Gasteiger partial charge >= 0.3 is 0 Å². The number of ether oxygens (including phenoxy) is 1. The Bertz CT molecular complexity index is 654. The third-order valence-corrected chi connectivity index (χ3v) is 3.86. The zero-order valence-electron chi connectivity index (χ0n) is 13.0. The lowest BCUT2D eigenvalue weighted by atomic mass is 9.89. The van der Waals surface area contributed by atoms with Crippen LogP contribution < -0.4 is 10.4 Å². The Morgan fingerprint density at radius 3 is 2.68 bits per heavy atom. The second kappa shape index (κ2) is 5.84. The van der Waals surface area contributed by atoms with Gasteiger partial charge in [-0.25, -0.2) is 4.99 Å². The Kier molecular flexibility index (Phi) is 4.27. The largest absolute Gasteiger partial charge is 0.545 e. The van der Waals surface area contributed by atoms with E-state index in [1.807, 2.05) is 13.8 Å². The van der Waals surface area contributed by atoms with Crippen LogP contribution in [0.5, 0.6) is 0 Å². The van der Waals surface area contributed by atoms with Gasteiger partial charge in [0.05, 0.1) is 12.6 Å². The van der Waals surface area contributed by atoms with Crippen molar-refractivity contribution < 1.29 is 19.4 Å². The van der Waals surface area contributed by atoms with Crippen molar-refractivity contribution >= 4 is 17.7 Å². The summed E-state index contributed by atoms with van der Waals surface area (Å²) < 4.78 is 4.96. The monoisotopic (exact) mass is 304 g/mol. The first kappa shape index (κ1) is 16.1. The van der Waals surface area contributed by atoms with Crippen molar-refractivity contribution in [2.24, 2.45) is 10.9 Å². The second-order valence-corrected chi connectivity index (χ2v) is 5.68. The summed E-state index contributed by atoms with van der Waals surface area (Å²) in [6.45, 7) is 5.69. The van der Waals surface area contributed by atoms with E-state index in [2.05, 4.69) is 15.3 Å². The molecule has 7 nitrogen and oxygen atoms in total. The highest BCUT2D eigenvalue weighted by atomic mass is 16.5. The van der Waals surface area contributed by atoms with Crippen LogP contribution in [0.15, 0.2) is 17.3 Å². The van der Waals surface area contributed by atoms with Gasteiger partial charge in [-0.1, -0.05) is 13.8 Å². The van der Waals surface area contributed by atoms with Crippen molar-refractivity contribution in [1.29, 1.82) is 0 Å². The number of amidine groups is 1. The molecule has 2 heterocycles. The molecule has 1 amide bonds. The number of carboxylic acid groups (broad SMARTS) is 1. The van der Waals surface area contributed by atoms with E-state index in [1.165, 1.54) is 19.4 Å². The number of methoxy groups -OCH3 is 1. The molecule has 1 aliphatic rings. The molecule has 0 bridgehead atoms. The second-order valence-electron chi connectivity index (χ2n) is 5.68. The summed E-state index contributed by atoms with van der Waals surface area (Å²) in [5.41, 5.74) is -0.369. The molecule has 0 radical (unpaired) electrons. The summed E-state index contributed by atoms with van der Waals surface area (Å²) in [6, 6.07) is 1.42. The number of amides is 1. The van der Waals surface area contributed by atoms with Crippen molar-refractivity contribution in [1.82, 2.24) is 10.3 Å². The minimum absolute atomic E-state index is 0.0378. The number of aromatic carboxylic acids is 1. The lowest BCUT2D eigenvalue weighted by Crippen LogP contribution is -2.41. The van der Waals surface area contributed by atoms with E-state index in [0.717, 1.165) is 0 Å². The molecule has 1 N–H and O–H groups in total. The summed E-state index contributed by atoms with van der Waals surface area (Å²) in [7, 11) is 1.50. The molecule has 2 rings (SSSR count). The fourth-order valence-corrected chi connectivity index (χ4v) is 2.15. The molecule has 22 heavy (non-hydrogen) atoms. The number of nitrogens with one attached hydrogen (secondary N) is 1. The molecule has 7 heteroatoms. The number of hydrogen-bond acceptors (Lipinski definition) is 6. The number of rotatable bonds is 5. The van der Waals surface area contributed by atoms with E-state index in [4.69, 9.17) is 4.74 Å². The molecule has 0 unspecified atom stereocenters. The number of pyridine rings is 1. The summed E-state index contributed by atoms with van der Waals surface area (Å²) in [6.07, 6.45) is 1.49. The third kappa shape index (κ3) is 2.71. The molecule has 1 aromatic rings. The molecule has 1 aromatic heterocycles. The lowest BCUT2D eigenvalue weighted by Gasteiger charge is -2.21. The fourth-order valence-electron chi connectivity index (χ4n) is 2.15. The summed E-state index contributed by atoms with van der Waals surface area (Å²) >= 11 is 0. The molecule has 1 aliphatic heterocycles. The fraction of sp³-hybridized carbons (Fsp3) is 0.467. The van der Waals surface area contributed by atoms with Crippen molar-refractivity contribution in [2.45, 2.75) is 32.9 Å². The topological polar surface area (TPSA) is 104 Å². The highest BCUT2D eigenvalue weighted by Crippen LogP contribution is 2.27. The van der Waals surface area contributed by atoms with Crippen LogP contribution >= 0.6 is 0 Å². The van der Waals surface area contributed by atoms with Gasteiger partial charge in [0.15, 0.2) is 5.84 Å². The summed E-state index contributed by atoms with van der Waals surface area (Å²) in [5, 5.41) is 14.0. The minimum Gasteiger partial charge on any atom is -0.545 e.